The van der Waals surface area contributed by atoms with E-state index in [0.29, 0.717) is 41.8 Å². The first-order chi connectivity index (χ1) is 13.2. The Balaban J connectivity index is 2.18. The molecule has 1 heterocycles. The lowest BCUT2D eigenvalue weighted by atomic mass is 9.71. The zero-order valence-corrected chi connectivity index (χ0v) is 15.7. The van der Waals surface area contributed by atoms with Crippen molar-refractivity contribution in [3.8, 4) is 5.75 Å². The van der Waals surface area contributed by atoms with Gasteiger partial charge in [-0.3, -0.25) is 19.7 Å². The van der Waals surface area contributed by atoms with Gasteiger partial charge in [-0.2, -0.15) is 0 Å². The van der Waals surface area contributed by atoms with Gasteiger partial charge in [0.15, 0.2) is 11.5 Å². The molecule has 2 aliphatic rings. The Hall–Kier alpha value is -3.16. The zero-order valence-electron chi connectivity index (χ0n) is 15.7. The van der Waals surface area contributed by atoms with E-state index >= 15 is 0 Å². The van der Waals surface area contributed by atoms with Gasteiger partial charge in [0, 0.05) is 35.4 Å². The number of benzene rings is 1. The molecule has 1 aromatic carbocycles. The second kappa shape index (κ2) is 7.46. The summed E-state index contributed by atoms with van der Waals surface area (Å²) in [6, 6.07) is 3.91. The molecular formula is C20H22N2O6. The molecule has 0 fully saturated rings. The van der Waals surface area contributed by atoms with Gasteiger partial charge in [-0.25, -0.2) is 0 Å². The average molecular weight is 386 g/mol. The Morgan fingerprint density at radius 1 is 1.39 bits per heavy atom. The van der Waals surface area contributed by atoms with Gasteiger partial charge in [0.05, 0.1) is 11.0 Å². The summed E-state index contributed by atoms with van der Waals surface area (Å²) in [5, 5.41) is 24.1. The number of hydrogen-bond acceptors (Lipinski definition) is 7. The van der Waals surface area contributed by atoms with Crippen LogP contribution in [-0.4, -0.2) is 27.9 Å². The number of nitro benzene ring substituents is 1. The number of phenolic OH excluding ortho intramolecular Hbond substituents is 1. The van der Waals surface area contributed by atoms with Gasteiger partial charge >= 0.3 is 11.7 Å². The minimum absolute atomic E-state index is 0.107. The predicted octanol–water partition coefficient (Wildman–Crippen LogP) is 3.08. The van der Waals surface area contributed by atoms with Crippen LogP contribution in [0.1, 0.15) is 44.6 Å². The summed E-state index contributed by atoms with van der Waals surface area (Å²) < 4.78 is 5.37. The molecule has 8 nitrogen and oxygen atoms in total. The van der Waals surface area contributed by atoms with Crippen LogP contribution in [0.2, 0.25) is 0 Å². The maximum atomic E-state index is 12.8. The second-order valence-electron chi connectivity index (χ2n) is 7.27. The highest BCUT2D eigenvalue weighted by atomic mass is 16.6. The van der Waals surface area contributed by atoms with Crippen LogP contribution in [0, 0.1) is 16.0 Å². The van der Waals surface area contributed by atoms with Crippen molar-refractivity contribution < 1.29 is 24.4 Å². The number of nitro groups is 1. The quantitative estimate of drug-likeness (QED) is 0.464. The molecule has 28 heavy (non-hydrogen) atoms. The van der Waals surface area contributed by atoms with Gasteiger partial charge in [0.1, 0.15) is 5.92 Å². The highest BCUT2D eigenvalue weighted by Gasteiger charge is 2.44. The van der Waals surface area contributed by atoms with E-state index in [0.717, 1.165) is 0 Å². The first kappa shape index (κ1) is 19.6. The van der Waals surface area contributed by atoms with Crippen LogP contribution >= 0.6 is 0 Å². The van der Waals surface area contributed by atoms with E-state index < -0.39 is 34.2 Å². The van der Waals surface area contributed by atoms with Crippen LogP contribution in [0.4, 0.5) is 5.69 Å². The smallest absolute Gasteiger partial charge is 0.316 e. The minimum atomic E-state index is -0.910. The summed E-state index contributed by atoms with van der Waals surface area (Å²) in [6.07, 6.45) is 1.28. The number of carbonyl (C=O) groups excluding carboxylic acids is 2. The van der Waals surface area contributed by atoms with Crippen LogP contribution in [-0.2, 0) is 14.3 Å². The van der Waals surface area contributed by atoms with E-state index in [4.69, 9.17) is 4.74 Å². The number of hydrogen-bond donors (Lipinski definition) is 2. The number of rotatable bonds is 4. The molecule has 0 saturated heterocycles. The Labute approximate surface area is 162 Å². The third-order valence-electron chi connectivity index (χ3n) is 4.95. The van der Waals surface area contributed by atoms with Crippen molar-refractivity contribution in [3.05, 3.63) is 57.4 Å². The van der Waals surface area contributed by atoms with Crippen molar-refractivity contribution in [1.29, 1.82) is 0 Å². The van der Waals surface area contributed by atoms with Gasteiger partial charge in [-0.05, 0) is 38.3 Å². The van der Waals surface area contributed by atoms with Crippen LogP contribution in [0.25, 0.3) is 0 Å². The zero-order chi connectivity index (χ0) is 20.6. The molecule has 0 bridgehead atoms. The molecule has 2 unspecified atom stereocenters. The predicted molar refractivity (Wildman–Crippen MR) is 100 cm³/mol. The van der Waals surface area contributed by atoms with E-state index in [2.05, 4.69) is 11.9 Å². The van der Waals surface area contributed by atoms with E-state index in [1.54, 1.807) is 13.8 Å². The van der Waals surface area contributed by atoms with Crippen molar-refractivity contribution in [1.82, 2.24) is 5.32 Å². The monoisotopic (exact) mass is 386 g/mol. The molecule has 0 radical (unpaired) electrons. The van der Waals surface area contributed by atoms with Gasteiger partial charge < -0.3 is 15.2 Å². The molecule has 2 atom stereocenters. The molecule has 8 heteroatoms. The van der Waals surface area contributed by atoms with E-state index in [-0.39, 0.29) is 11.9 Å². The number of phenols is 1. The van der Waals surface area contributed by atoms with Gasteiger partial charge in [-0.1, -0.05) is 12.6 Å². The van der Waals surface area contributed by atoms with Gasteiger partial charge in [-0.15, -0.1) is 0 Å². The normalized spacial score (nSPS) is 22.0. The number of aromatic hydroxyl groups is 1. The third kappa shape index (κ3) is 3.49. The Morgan fingerprint density at radius 3 is 2.75 bits per heavy atom. The molecule has 2 N–H and O–H groups in total. The fraction of sp³-hybridized carbons (Fsp3) is 0.400. The molecule has 1 aliphatic carbocycles. The summed E-state index contributed by atoms with van der Waals surface area (Å²) in [4.78, 5) is 36.1. The topological polar surface area (TPSA) is 119 Å². The summed E-state index contributed by atoms with van der Waals surface area (Å²) in [5.41, 5.74) is 1.42. The molecule has 1 aromatic rings. The van der Waals surface area contributed by atoms with Crippen molar-refractivity contribution >= 4 is 17.4 Å². The maximum Gasteiger partial charge on any atom is 0.316 e. The molecular weight excluding hydrogens is 364 g/mol. The van der Waals surface area contributed by atoms with E-state index in [1.165, 1.54) is 18.2 Å². The van der Waals surface area contributed by atoms with Crippen molar-refractivity contribution in [2.45, 2.75) is 45.1 Å². The minimum Gasteiger partial charge on any atom is -0.502 e. The van der Waals surface area contributed by atoms with E-state index in [9.17, 15) is 24.8 Å². The number of ketones is 1. The largest absolute Gasteiger partial charge is 0.502 e. The Kier molecular flexibility index (Phi) is 5.22. The molecule has 1 aliphatic heterocycles. The number of ether oxygens (including phenoxy) is 1. The summed E-state index contributed by atoms with van der Waals surface area (Å²) in [5.74, 6) is -2.82. The number of nitrogens with one attached hydrogen (secondary N) is 1. The lowest BCUT2D eigenvalue weighted by molar-refractivity contribution is -0.385. The highest BCUT2D eigenvalue weighted by molar-refractivity contribution is 6.00. The molecule has 0 amide bonds. The number of esters is 1. The van der Waals surface area contributed by atoms with Crippen molar-refractivity contribution in [2.75, 3.05) is 0 Å². The van der Waals surface area contributed by atoms with Crippen LogP contribution in [0.5, 0.6) is 5.75 Å². The summed E-state index contributed by atoms with van der Waals surface area (Å²) >= 11 is 0. The average Bonchev–Trinajstić information content (AvgIpc) is 2.60. The van der Waals surface area contributed by atoms with Crippen molar-refractivity contribution in [3.63, 3.8) is 0 Å². The maximum absolute atomic E-state index is 12.8. The Morgan fingerprint density at radius 2 is 2.11 bits per heavy atom. The van der Waals surface area contributed by atoms with E-state index in [1.807, 2.05) is 0 Å². The number of nitrogens with zero attached hydrogens (tertiary/aromatic N) is 1. The fourth-order valence-electron chi connectivity index (χ4n) is 3.82. The van der Waals surface area contributed by atoms with Crippen LogP contribution in [0.15, 0.2) is 41.7 Å². The number of carbonyl (C=O) groups is 2. The highest BCUT2D eigenvalue weighted by Crippen LogP contribution is 2.45. The SMILES string of the molecule is C=C1NC2=C(C(=O)CCC2)C(c2ccc(O)c([N+](=O)[O-])c2)C1C(=O)OC(C)C. The summed E-state index contributed by atoms with van der Waals surface area (Å²) in [6.45, 7) is 7.38. The third-order valence-corrected chi connectivity index (χ3v) is 4.95. The van der Waals surface area contributed by atoms with Crippen molar-refractivity contribution in [2.24, 2.45) is 5.92 Å². The fourth-order valence-corrected chi connectivity index (χ4v) is 3.82. The summed E-state index contributed by atoms with van der Waals surface area (Å²) in [7, 11) is 0. The molecule has 0 saturated carbocycles. The first-order valence-corrected chi connectivity index (χ1v) is 9.10. The lowest BCUT2D eigenvalue weighted by Gasteiger charge is -2.38. The number of Topliss-reactive ketones (excluding diaryl/α,β-unsaturated/α-hetero) is 1. The lowest BCUT2D eigenvalue weighted by Crippen LogP contribution is -2.41. The van der Waals surface area contributed by atoms with Gasteiger partial charge in [0.2, 0.25) is 0 Å². The van der Waals surface area contributed by atoms with Crippen LogP contribution < -0.4 is 5.32 Å². The molecule has 148 valence electrons. The molecule has 3 rings (SSSR count). The molecule has 0 spiro atoms. The molecule has 0 aromatic heterocycles. The first-order valence-electron chi connectivity index (χ1n) is 9.10. The number of allylic oxidation sites excluding steroid dienone is 2. The second-order valence-corrected chi connectivity index (χ2v) is 7.27. The standard InChI is InChI=1S/C20H22N2O6/c1-10(2)28-20(25)17-11(3)21-13-5-4-6-16(24)19(13)18(17)12-7-8-15(23)14(9-12)22(26)27/h7-10,17-18,21,23H,3-6H2,1-2H3. The van der Waals surface area contributed by atoms with Crippen LogP contribution in [0.3, 0.4) is 0 Å². The Bertz CT molecular complexity index is 902. The van der Waals surface area contributed by atoms with Gasteiger partial charge in [0.25, 0.3) is 0 Å².